The Morgan fingerprint density at radius 2 is 2.37 bits per heavy atom. The fourth-order valence-corrected chi connectivity index (χ4v) is 2.75. The van der Waals surface area contributed by atoms with Gasteiger partial charge in [0.25, 0.3) is 5.91 Å². The maximum Gasteiger partial charge on any atom is 0.265 e. The predicted octanol–water partition coefficient (Wildman–Crippen LogP) is 1.14. The number of carbonyl (C=O) groups excluding carboxylic acids is 1. The number of hydrogen-bond donors (Lipinski definition) is 2. The fourth-order valence-electron chi connectivity index (χ4n) is 2.75. The second-order valence-corrected chi connectivity index (χ2v) is 5.14. The maximum absolute atomic E-state index is 12.0. The Hall–Kier alpha value is -1.75. The maximum atomic E-state index is 12.0. The summed E-state index contributed by atoms with van der Waals surface area (Å²) in [6.07, 6.45) is 3.40. The van der Waals surface area contributed by atoms with Crippen LogP contribution < -0.4 is 20.7 Å². The van der Waals surface area contributed by atoms with Crippen molar-refractivity contribution in [3.63, 3.8) is 0 Å². The molecule has 102 valence electrons. The monoisotopic (exact) mass is 261 g/mol. The first-order chi connectivity index (χ1) is 9.24. The van der Waals surface area contributed by atoms with Crippen LogP contribution in [0.3, 0.4) is 0 Å². The largest absolute Gasteiger partial charge is 0.482 e. The highest BCUT2D eigenvalue weighted by atomic mass is 16.5. The van der Waals surface area contributed by atoms with Crippen LogP contribution in [0.25, 0.3) is 0 Å². The lowest BCUT2D eigenvalue weighted by molar-refractivity contribution is -0.121. The van der Waals surface area contributed by atoms with Crippen molar-refractivity contribution in [2.45, 2.75) is 25.3 Å². The topological polar surface area (TPSA) is 67.6 Å². The van der Waals surface area contributed by atoms with Crippen molar-refractivity contribution in [1.29, 1.82) is 0 Å². The molecule has 0 radical (unpaired) electrons. The van der Waals surface area contributed by atoms with Crippen LogP contribution >= 0.6 is 0 Å². The van der Waals surface area contributed by atoms with Gasteiger partial charge in [-0.1, -0.05) is 0 Å². The molecule has 0 bridgehead atoms. The minimum Gasteiger partial charge on any atom is -0.482 e. The molecule has 5 heteroatoms. The van der Waals surface area contributed by atoms with E-state index in [-0.39, 0.29) is 12.5 Å². The third-order valence-electron chi connectivity index (χ3n) is 3.79. The van der Waals surface area contributed by atoms with Crippen LogP contribution in [0.2, 0.25) is 0 Å². The average Bonchev–Trinajstić information content (AvgIpc) is 2.91. The molecule has 1 fully saturated rings. The summed E-state index contributed by atoms with van der Waals surface area (Å²) in [4.78, 5) is 13.8. The average molecular weight is 261 g/mol. The minimum absolute atomic E-state index is 0.0103. The van der Waals surface area contributed by atoms with Gasteiger partial charge >= 0.3 is 0 Å². The normalized spacial score (nSPS) is 22.2. The number of ether oxygens (including phenoxy) is 1. The summed E-state index contributed by atoms with van der Waals surface area (Å²) in [5.74, 6) is 0.754. The van der Waals surface area contributed by atoms with Crippen molar-refractivity contribution in [2.75, 3.05) is 30.3 Å². The van der Waals surface area contributed by atoms with Gasteiger partial charge in [0.05, 0.1) is 5.69 Å². The van der Waals surface area contributed by atoms with Crippen LogP contribution in [0, 0.1) is 0 Å². The van der Waals surface area contributed by atoms with Crippen molar-refractivity contribution in [1.82, 2.24) is 5.32 Å². The molecule has 2 heterocycles. The van der Waals surface area contributed by atoms with Gasteiger partial charge in [-0.25, -0.2) is 0 Å². The van der Waals surface area contributed by atoms with Gasteiger partial charge in [-0.2, -0.15) is 0 Å². The SMILES string of the molecule is Nc1ccc2c(c1)N(CCC1CCCN1)C(=O)CO2. The van der Waals surface area contributed by atoms with Crippen LogP contribution in [0.5, 0.6) is 5.75 Å². The number of nitrogens with zero attached hydrogens (tertiary/aromatic N) is 1. The van der Waals surface area contributed by atoms with E-state index in [0.717, 1.165) is 30.9 Å². The summed E-state index contributed by atoms with van der Waals surface area (Å²) >= 11 is 0. The second-order valence-electron chi connectivity index (χ2n) is 5.14. The van der Waals surface area contributed by atoms with Crippen molar-refractivity contribution in [3.05, 3.63) is 18.2 Å². The number of anilines is 2. The minimum atomic E-state index is 0.0103. The third kappa shape index (κ3) is 2.51. The number of rotatable bonds is 3. The summed E-state index contributed by atoms with van der Waals surface area (Å²) in [5, 5.41) is 3.45. The molecule has 5 nitrogen and oxygen atoms in total. The molecular weight excluding hydrogens is 242 g/mol. The van der Waals surface area contributed by atoms with E-state index in [2.05, 4.69) is 5.32 Å². The molecule has 0 aromatic heterocycles. The van der Waals surface area contributed by atoms with Crippen LogP contribution in [-0.4, -0.2) is 31.6 Å². The number of nitrogens with one attached hydrogen (secondary N) is 1. The van der Waals surface area contributed by atoms with Crippen molar-refractivity contribution in [2.24, 2.45) is 0 Å². The zero-order chi connectivity index (χ0) is 13.2. The molecule has 1 unspecified atom stereocenters. The van der Waals surface area contributed by atoms with E-state index >= 15 is 0 Å². The molecule has 1 atom stereocenters. The fraction of sp³-hybridized carbons (Fsp3) is 0.500. The number of benzene rings is 1. The van der Waals surface area contributed by atoms with Gasteiger partial charge in [0.15, 0.2) is 6.61 Å². The van der Waals surface area contributed by atoms with E-state index in [1.54, 1.807) is 11.0 Å². The summed E-state index contributed by atoms with van der Waals surface area (Å²) in [7, 11) is 0. The van der Waals surface area contributed by atoms with Crippen molar-refractivity contribution in [3.8, 4) is 5.75 Å². The number of fused-ring (bicyclic) bond motifs is 1. The summed E-state index contributed by atoms with van der Waals surface area (Å²) < 4.78 is 5.43. The Balaban J connectivity index is 1.76. The molecule has 3 N–H and O–H groups in total. The Morgan fingerprint density at radius 3 is 3.16 bits per heavy atom. The van der Waals surface area contributed by atoms with Gasteiger partial charge in [0.1, 0.15) is 5.75 Å². The lowest BCUT2D eigenvalue weighted by atomic mass is 10.1. The highest BCUT2D eigenvalue weighted by Crippen LogP contribution is 2.34. The third-order valence-corrected chi connectivity index (χ3v) is 3.79. The zero-order valence-electron chi connectivity index (χ0n) is 10.9. The Kier molecular flexibility index (Phi) is 3.29. The number of hydrogen-bond acceptors (Lipinski definition) is 4. The molecule has 2 aliphatic heterocycles. The quantitative estimate of drug-likeness (QED) is 0.801. The van der Waals surface area contributed by atoms with Crippen LogP contribution in [0.15, 0.2) is 18.2 Å². The van der Waals surface area contributed by atoms with Gasteiger partial charge in [-0.3, -0.25) is 4.79 Å². The molecule has 1 aromatic rings. The molecule has 19 heavy (non-hydrogen) atoms. The second kappa shape index (κ2) is 5.09. The Labute approximate surface area is 112 Å². The highest BCUT2D eigenvalue weighted by Gasteiger charge is 2.26. The molecule has 0 aliphatic carbocycles. The van der Waals surface area contributed by atoms with E-state index in [1.807, 2.05) is 12.1 Å². The first-order valence-electron chi connectivity index (χ1n) is 6.80. The first kappa shape index (κ1) is 12.3. The van der Waals surface area contributed by atoms with Crippen molar-refractivity contribution >= 4 is 17.3 Å². The summed E-state index contributed by atoms with van der Waals surface area (Å²) in [6, 6.07) is 5.97. The number of carbonyl (C=O) groups is 1. The standard InChI is InChI=1S/C14H19N3O2/c15-10-3-4-13-12(8-10)17(14(18)9-19-13)7-5-11-2-1-6-16-11/h3-4,8,11,16H,1-2,5-7,9,15H2. The van der Waals surface area contributed by atoms with Crippen LogP contribution in [0.1, 0.15) is 19.3 Å². The molecule has 1 saturated heterocycles. The molecule has 0 spiro atoms. The highest BCUT2D eigenvalue weighted by molar-refractivity contribution is 5.98. The molecular formula is C14H19N3O2. The first-order valence-corrected chi connectivity index (χ1v) is 6.80. The van der Waals surface area contributed by atoms with Gasteiger partial charge in [0, 0.05) is 18.3 Å². The predicted molar refractivity (Wildman–Crippen MR) is 74.3 cm³/mol. The molecule has 1 aromatic carbocycles. The Morgan fingerprint density at radius 1 is 1.47 bits per heavy atom. The van der Waals surface area contributed by atoms with Gasteiger partial charge in [-0.15, -0.1) is 0 Å². The van der Waals surface area contributed by atoms with Crippen LogP contribution in [0.4, 0.5) is 11.4 Å². The lowest BCUT2D eigenvalue weighted by Gasteiger charge is -2.30. The van der Waals surface area contributed by atoms with Crippen LogP contribution in [-0.2, 0) is 4.79 Å². The smallest absolute Gasteiger partial charge is 0.265 e. The van der Waals surface area contributed by atoms with E-state index in [4.69, 9.17) is 10.5 Å². The van der Waals surface area contributed by atoms with Gasteiger partial charge in [-0.05, 0) is 44.0 Å². The van der Waals surface area contributed by atoms with Crippen molar-refractivity contribution < 1.29 is 9.53 Å². The molecule has 0 saturated carbocycles. The van der Waals surface area contributed by atoms with E-state index in [1.165, 1.54) is 12.8 Å². The number of amides is 1. The number of nitrogen functional groups attached to an aromatic ring is 1. The summed E-state index contributed by atoms with van der Waals surface area (Å²) in [6.45, 7) is 1.93. The number of nitrogens with two attached hydrogens (primary N) is 1. The Bertz CT molecular complexity index is 484. The zero-order valence-corrected chi connectivity index (χ0v) is 10.9. The summed E-state index contributed by atoms with van der Waals surface area (Å²) in [5.41, 5.74) is 7.26. The van der Waals surface area contributed by atoms with Gasteiger partial charge in [0.2, 0.25) is 0 Å². The molecule has 3 rings (SSSR count). The van der Waals surface area contributed by atoms with E-state index < -0.39 is 0 Å². The molecule has 2 aliphatic rings. The van der Waals surface area contributed by atoms with E-state index in [0.29, 0.717) is 11.7 Å². The van der Waals surface area contributed by atoms with Gasteiger partial charge < -0.3 is 20.7 Å². The molecule has 1 amide bonds. The lowest BCUT2D eigenvalue weighted by Crippen LogP contribution is -2.41. The van der Waals surface area contributed by atoms with E-state index in [9.17, 15) is 4.79 Å².